The fraction of sp³-hybridized carbons (Fsp3) is 0.295. The van der Waals surface area contributed by atoms with Crippen LogP contribution in [0.3, 0.4) is 0 Å². The van der Waals surface area contributed by atoms with Gasteiger partial charge in [-0.25, -0.2) is 32.5 Å². The molecule has 0 spiro atoms. The Labute approximate surface area is 356 Å². The Balaban J connectivity index is 0.000000220. The predicted octanol–water partition coefficient (Wildman–Crippen LogP) is 9.79. The number of hydrogen-bond donors (Lipinski definition) is 1. The van der Waals surface area contributed by atoms with E-state index in [0.29, 0.717) is 110 Å². The van der Waals surface area contributed by atoms with Crippen molar-refractivity contribution >= 4 is 74.0 Å². The van der Waals surface area contributed by atoms with E-state index in [4.69, 9.17) is 16.3 Å². The molecule has 0 unspecified atom stereocenters. The van der Waals surface area contributed by atoms with Crippen LogP contribution in [0.5, 0.6) is 5.75 Å². The summed E-state index contributed by atoms with van der Waals surface area (Å²) < 4.78 is 92.3. The SMILES string of the molecule is Cc1c(N2CCCC2=O)nc2cc(F)cc(F)c2c1Cl.Cc1c(N2CCCC2=O)nc2cc(F)cc(F)c2c1Nc1cc(N2CCOCC2)ncc1-c1ccc(OC(F)F)cc1. The number of hydrogen-bond acceptors (Lipinski definition) is 9. The van der Waals surface area contributed by atoms with Gasteiger partial charge in [0.05, 0.1) is 51.4 Å². The molecule has 2 amide bonds. The molecule has 62 heavy (non-hydrogen) atoms. The van der Waals surface area contributed by atoms with Gasteiger partial charge in [-0.3, -0.25) is 19.4 Å². The molecule has 3 aromatic heterocycles. The number of morpholine rings is 1. The van der Waals surface area contributed by atoms with Gasteiger partial charge in [-0.1, -0.05) is 23.7 Å². The second kappa shape index (κ2) is 17.6. The zero-order valence-corrected chi connectivity index (χ0v) is 34.1. The van der Waals surface area contributed by atoms with E-state index < -0.39 is 29.9 Å². The average Bonchev–Trinajstić information content (AvgIpc) is 3.87. The van der Waals surface area contributed by atoms with Crippen molar-refractivity contribution in [3.05, 3.63) is 100 Å². The number of halogens is 7. The lowest BCUT2D eigenvalue weighted by Crippen LogP contribution is -2.36. The third-order valence-corrected chi connectivity index (χ3v) is 11.4. The summed E-state index contributed by atoms with van der Waals surface area (Å²) in [4.78, 5) is 43.0. The zero-order chi connectivity index (χ0) is 43.8. The number of nitrogens with zero attached hydrogens (tertiary/aromatic N) is 6. The van der Waals surface area contributed by atoms with Crippen molar-refractivity contribution in [1.29, 1.82) is 0 Å². The highest BCUT2D eigenvalue weighted by atomic mass is 35.5. The van der Waals surface area contributed by atoms with Crippen molar-refractivity contribution in [2.45, 2.75) is 46.1 Å². The van der Waals surface area contributed by atoms with Crippen LogP contribution < -0.4 is 24.8 Å². The third kappa shape index (κ3) is 8.50. The molecule has 3 fully saturated rings. The standard InChI is InChI=1S/C30H27F4N5O3.C14H11ClF2N2O/c1-17-28(27-22(32)13-19(31)14-24(27)37-29(17)39-8-2-3-26(39)40)36-23-15-25(38-9-11-41-12-10-38)35-16-21(23)18-4-6-20(7-5-18)42-30(33)34;1-7-13(15)12-9(17)5-8(16)6-10(12)18-14(7)19-4-2-3-11(19)20/h4-7,13-16,30H,2-3,8-12H2,1H3,(H,35,36,37);5-6H,2-4H2,1H3. The highest BCUT2D eigenvalue weighted by molar-refractivity contribution is 6.36. The second-order valence-electron chi connectivity index (χ2n) is 14.9. The van der Waals surface area contributed by atoms with Gasteiger partial charge in [-0.15, -0.1) is 0 Å². The molecule has 0 aliphatic carbocycles. The van der Waals surface area contributed by atoms with E-state index in [1.165, 1.54) is 21.9 Å². The summed E-state index contributed by atoms with van der Waals surface area (Å²) >= 11 is 6.17. The number of aromatic nitrogens is 3. The Morgan fingerprint density at radius 3 is 1.89 bits per heavy atom. The number of alkyl halides is 2. The van der Waals surface area contributed by atoms with E-state index >= 15 is 4.39 Å². The summed E-state index contributed by atoms with van der Waals surface area (Å²) in [5.41, 5.74) is 3.32. The average molecular weight is 878 g/mol. The van der Waals surface area contributed by atoms with E-state index in [1.807, 2.05) is 6.07 Å². The molecule has 6 heterocycles. The van der Waals surface area contributed by atoms with Gasteiger partial charge in [0.2, 0.25) is 11.8 Å². The van der Waals surface area contributed by atoms with Crippen LogP contribution in [0.15, 0.2) is 60.8 Å². The first-order valence-electron chi connectivity index (χ1n) is 19.8. The summed E-state index contributed by atoms with van der Waals surface area (Å²) in [6.45, 7) is 3.77. The zero-order valence-electron chi connectivity index (χ0n) is 33.4. The lowest BCUT2D eigenvalue weighted by molar-refractivity contribution is -0.117. The Kier molecular flexibility index (Phi) is 12.1. The largest absolute Gasteiger partial charge is 0.435 e. The van der Waals surface area contributed by atoms with Gasteiger partial charge in [-0.2, -0.15) is 8.78 Å². The van der Waals surface area contributed by atoms with Crippen molar-refractivity contribution < 1.29 is 45.4 Å². The number of carbonyl (C=O) groups is 2. The Morgan fingerprint density at radius 2 is 1.32 bits per heavy atom. The van der Waals surface area contributed by atoms with Crippen LogP contribution in [0.4, 0.5) is 55.2 Å². The van der Waals surface area contributed by atoms with E-state index in [9.17, 15) is 31.5 Å². The highest BCUT2D eigenvalue weighted by Gasteiger charge is 2.29. The maximum Gasteiger partial charge on any atom is 0.387 e. The number of benzene rings is 3. The molecule has 6 aromatic rings. The fourth-order valence-electron chi connectivity index (χ4n) is 7.86. The molecule has 0 saturated carbocycles. The van der Waals surface area contributed by atoms with Gasteiger partial charge < -0.3 is 19.7 Å². The molecule has 1 N–H and O–H groups in total. The first-order valence-corrected chi connectivity index (χ1v) is 20.1. The number of nitrogens with one attached hydrogen (secondary N) is 1. The monoisotopic (exact) mass is 877 g/mol. The maximum atomic E-state index is 15.4. The minimum absolute atomic E-state index is 0.00106. The van der Waals surface area contributed by atoms with Crippen molar-refractivity contribution in [1.82, 2.24) is 15.0 Å². The van der Waals surface area contributed by atoms with Crippen molar-refractivity contribution in [3.8, 4) is 16.9 Å². The van der Waals surface area contributed by atoms with Crippen LogP contribution in [-0.4, -0.2) is 72.8 Å². The minimum atomic E-state index is -2.96. The number of pyridine rings is 3. The Hall–Kier alpha value is -6.20. The summed E-state index contributed by atoms with van der Waals surface area (Å²) in [6.07, 6.45) is 3.86. The summed E-state index contributed by atoms with van der Waals surface area (Å²) in [5.74, 6) is -1.86. The molecular weight excluding hydrogens is 840 g/mol. The molecule has 3 saturated heterocycles. The van der Waals surface area contributed by atoms with Crippen LogP contribution >= 0.6 is 11.6 Å². The first kappa shape index (κ1) is 42.5. The number of fused-ring (bicyclic) bond motifs is 2. The molecule has 18 heteroatoms. The Bertz CT molecular complexity index is 2720. The van der Waals surface area contributed by atoms with Crippen LogP contribution in [0.25, 0.3) is 32.9 Å². The van der Waals surface area contributed by atoms with Crippen LogP contribution in [0, 0.1) is 37.1 Å². The minimum Gasteiger partial charge on any atom is -0.435 e. The maximum absolute atomic E-state index is 15.4. The first-order chi connectivity index (χ1) is 29.8. The molecule has 9 rings (SSSR count). The van der Waals surface area contributed by atoms with Crippen molar-refractivity contribution in [2.24, 2.45) is 0 Å². The van der Waals surface area contributed by atoms with E-state index in [2.05, 4.69) is 29.9 Å². The number of ether oxygens (including phenoxy) is 2. The predicted molar refractivity (Wildman–Crippen MR) is 224 cm³/mol. The third-order valence-electron chi connectivity index (χ3n) is 10.9. The molecule has 3 aromatic carbocycles. The molecule has 0 bridgehead atoms. The number of carbonyl (C=O) groups excluding carboxylic acids is 2. The van der Waals surface area contributed by atoms with E-state index in [-0.39, 0.29) is 44.4 Å². The second-order valence-corrected chi connectivity index (χ2v) is 15.3. The van der Waals surface area contributed by atoms with Crippen molar-refractivity contribution in [2.75, 3.05) is 59.4 Å². The lowest BCUT2D eigenvalue weighted by atomic mass is 10.0. The van der Waals surface area contributed by atoms with E-state index in [0.717, 1.165) is 30.7 Å². The number of amides is 2. The van der Waals surface area contributed by atoms with Crippen molar-refractivity contribution in [3.63, 3.8) is 0 Å². The topological polar surface area (TPSA) is 113 Å². The lowest BCUT2D eigenvalue weighted by Gasteiger charge is -2.29. The summed E-state index contributed by atoms with van der Waals surface area (Å²) in [5, 5.41) is 3.68. The van der Waals surface area contributed by atoms with Gasteiger partial charge in [0, 0.05) is 92.2 Å². The van der Waals surface area contributed by atoms with Crippen LogP contribution in [0.2, 0.25) is 5.02 Å². The smallest absolute Gasteiger partial charge is 0.387 e. The molecule has 0 radical (unpaired) electrons. The number of rotatable bonds is 8. The quantitative estimate of drug-likeness (QED) is 0.149. The molecule has 3 aliphatic rings. The molecular formula is C44H38ClF6N7O4. The highest BCUT2D eigenvalue weighted by Crippen LogP contribution is 2.41. The molecule has 3 aliphatic heterocycles. The fourth-order valence-corrected chi connectivity index (χ4v) is 8.13. The van der Waals surface area contributed by atoms with Gasteiger partial charge in [-0.05, 0) is 44.4 Å². The normalized spacial score (nSPS) is 15.5. The number of anilines is 5. The molecule has 11 nitrogen and oxygen atoms in total. The van der Waals surface area contributed by atoms with Crippen LogP contribution in [0.1, 0.15) is 36.8 Å². The van der Waals surface area contributed by atoms with Gasteiger partial charge in [0.1, 0.15) is 46.5 Å². The van der Waals surface area contributed by atoms with E-state index in [1.54, 1.807) is 32.2 Å². The van der Waals surface area contributed by atoms with Gasteiger partial charge in [0.15, 0.2) is 0 Å². The van der Waals surface area contributed by atoms with Crippen LogP contribution in [-0.2, 0) is 14.3 Å². The molecule has 322 valence electrons. The van der Waals surface area contributed by atoms with Gasteiger partial charge >= 0.3 is 6.61 Å². The molecule has 0 atom stereocenters. The van der Waals surface area contributed by atoms with Gasteiger partial charge in [0.25, 0.3) is 0 Å². The summed E-state index contributed by atoms with van der Waals surface area (Å²) in [7, 11) is 0. The summed E-state index contributed by atoms with van der Waals surface area (Å²) in [6, 6.07) is 11.7. The Morgan fingerprint density at radius 1 is 0.758 bits per heavy atom.